The fraction of sp³-hybridized carbons (Fsp3) is 0.900. The Kier molecular flexibility index (Phi) is 3.03. The van der Waals surface area contributed by atoms with Crippen LogP contribution in [-0.4, -0.2) is 50.2 Å². The molecule has 0 saturated carbocycles. The molecule has 14 heavy (non-hydrogen) atoms. The number of carbonyl (C=O) groups is 1. The molecule has 4 nitrogen and oxygen atoms in total. The van der Waals surface area contributed by atoms with Crippen LogP contribution >= 0.6 is 0 Å². The molecule has 2 rings (SSSR count). The number of hydrogen-bond acceptors (Lipinski definition) is 4. The summed E-state index contributed by atoms with van der Waals surface area (Å²) in [6.45, 7) is 7.14. The van der Waals surface area contributed by atoms with Crippen molar-refractivity contribution in [2.75, 3.05) is 39.3 Å². The SMILES string of the molecule is CCOC(=O)CN1CC2CNCC2C1. The number of ether oxygens (including phenoxy) is 1. The fourth-order valence-corrected chi connectivity index (χ4v) is 2.47. The molecule has 2 aliphatic heterocycles. The molecule has 2 saturated heterocycles. The average molecular weight is 198 g/mol. The Morgan fingerprint density at radius 1 is 1.43 bits per heavy atom. The van der Waals surface area contributed by atoms with Gasteiger partial charge in [0, 0.05) is 13.1 Å². The molecule has 2 unspecified atom stereocenters. The Hall–Kier alpha value is -0.610. The van der Waals surface area contributed by atoms with Gasteiger partial charge in [-0.15, -0.1) is 0 Å². The summed E-state index contributed by atoms with van der Waals surface area (Å²) in [6, 6.07) is 0. The van der Waals surface area contributed by atoms with E-state index in [0.717, 1.165) is 38.0 Å². The third-order valence-electron chi connectivity index (χ3n) is 3.12. The first-order valence-electron chi connectivity index (χ1n) is 5.38. The number of nitrogens with one attached hydrogen (secondary N) is 1. The van der Waals surface area contributed by atoms with Crippen molar-refractivity contribution in [2.45, 2.75) is 6.92 Å². The summed E-state index contributed by atoms with van der Waals surface area (Å²) in [5.41, 5.74) is 0. The lowest BCUT2D eigenvalue weighted by molar-refractivity contribution is -0.144. The largest absolute Gasteiger partial charge is 0.465 e. The minimum atomic E-state index is -0.0829. The van der Waals surface area contributed by atoms with E-state index < -0.39 is 0 Å². The fourth-order valence-electron chi connectivity index (χ4n) is 2.47. The summed E-state index contributed by atoms with van der Waals surface area (Å²) in [5, 5.41) is 3.38. The highest BCUT2D eigenvalue weighted by molar-refractivity contribution is 5.71. The molecule has 0 radical (unpaired) electrons. The second-order valence-corrected chi connectivity index (χ2v) is 4.18. The lowest BCUT2D eigenvalue weighted by Gasteiger charge is -2.15. The highest BCUT2D eigenvalue weighted by Gasteiger charge is 2.36. The van der Waals surface area contributed by atoms with Crippen molar-refractivity contribution in [1.29, 1.82) is 0 Å². The van der Waals surface area contributed by atoms with Gasteiger partial charge in [-0.05, 0) is 31.8 Å². The van der Waals surface area contributed by atoms with Crippen molar-refractivity contribution in [2.24, 2.45) is 11.8 Å². The number of esters is 1. The summed E-state index contributed by atoms with van der Waals surface area (Å²) < 4.78 is 4.93. The molecule has 0 spiro atoms. The third kappa shape index (κ3) is 2.07. The van der Waals surface area contributed by atoms with Gasteiger partial charge in [0.1, 0.15) is 0 Å². The Bertz CT molecular complexity index is 208. The van der Waals surface area contributed by atoms with Gasteiger partial charge in [0.25, 0.3) is 0 Å². The first-order valence-corrected chi connectivity index (χ1v) is 5.38. The highest BCUT2D eigenvalue weighted by atomic mass is 16.5. The Balaban J connectivity index is 1.76. The second kappa shape index (κ2) is 4.28. The van der Waals surface area contributed by atoms with Crippen LogP contribution in [0.25, 0.3) is 0 Å². The molecule has 80 valence electrons. The molecule has 2 heterocycles. The summed E-state index contributed by atoms with van der Waals surface area (Å²) in [5.74, 6) is 1.43. The molecule has 0 aliphatic carbocycles. The van der Waals surface area contributed by atoms with Gasteiger partial charge in [-0.25, -0.2) is 0 Å². The molecule has 0 aromatic heterocycles. The van der Waals surface area contributed by atoms with Gasteiger partial charge in [0.2, 0.25) is 0 Å². The molecule has 4 heteroatoms. The predicted octanol–water partition coefficient (Wildman–Crippen LogP) is -0.299. The Morgan fingerprint density at radius 3 is 2.64 bits per heavy atom. The first-order chi connectivity index (χ1) is 6.79. The lowest BCUT2D eigenvalue weighted by atomic mass is 10.0. The van der Waals surface area contributed by atoms with E-state index in [1.54, 1.807) is 0 Å². The number of carbonyl (C=O) groups excluding carboxylic acids is 1. The van der Waals surface area contributed by atoms with Crippen LogP contribution in [0, 0.1) is 11.8 Å². The molecule has 0 aromatic rings. The van der Waals surface area contributed by atoms with E-state index in [9.17, 15) is 4.79 Å². The molecule has 2 fully saturated rings. The Morgan fingerprint density at radius 2 is 2.07 bits per heavy atom. The van der Waals surface area contributed by atoms with E-state index in [1.165, 1.54) is 0 Å². The zero-order valence-corrected chi connectivity index (χ0v) is 8.66. The minimum absolute atomic E-state index is 0.0829. The molecular weight excluding hydrogens is 180 g/mol. The van der Waals surface area contributed by atoms with Gasteiger partial charge in [-0.1, -0.05) is 0 Å². The third-order valence-corrected chi connectivity index (χ3v) is 3.12. The minimum Gasteiger partial charge on any atom is -0.465 e. The number of fused-ring (bicyclic) bond motifs is 1. The van der Waals surface area contributed by atoms with Gasteiger partial charge < -0.3 is 10.1 Å². The number of nitrogens with zero attached hydrogens (tertiary/aromatic N) is 1. The van der Waals surface area contributed by atoms with Crippen LogP contribution in [-0.2, 0) is 9.53 Å². The van der Waals surface area contributed by atoms with E-state index >= 15 is 0 Å². The standard InChI is InChI=1S/C10H18N2O2/c1-2-14-10(13)7-12-5-8-3-11-4-9(8)6-12/h8-9,11H,2-7H2,1H3. The van der Waals surface area contributed by atoms with E-state index in [2.05, 4.69) is 10.2 Å². The molecule has 2 aliphatic rings. The smallest absolute Gasteiger partial charge is 0.320 e. The van der Waals surface area contributed by atoms with Crippen molar-refractivity contribution < 1.29 is 9.53 Å². The number of likely N-dealkylation sites (tertiary alicyclic amines) is 1. The van der Waals surface area contributed by atoms with Crippen LogP contribution in [0.5, 0.6) is 0 Å². The van der Waals surface area contributed by atoms with Crippen LogP contribution in [0.2, 0.25) is 0 Å². The van der Waals surface area contributed by atoms with Gasteiger partial charge in [0.05, 0.1) is 13.2 Å². The van der Waals surface area contributed by atoms with Crippen LogP contribution < -0.4 is 5.32 Å². The molecule has 2 atom stereocenters. The van der Waals surface area contributed by atoms with E-state index in [0.29, 0.717) is 13.2 Å². The molecular formula is C10H18N2O2. The van der Waals surface area contributed by atoms with Crippen LogP contribution in [0.15, 0.2) is 0 Å². The van der Waals surface area contributed by atoms with Crippen molar-refractivity contribution in [1.82, 2.24) is 10.2 Å². The topological polar surface area (TPSA) is 41.6 Å². The first kappa shape index (κ1) is 9.93. The zero-order chi connectivity index (χ0) is 9.97. The summed E-state index contributed by atoms with van der Waals surface area (Å²) in [4.78, 5) is 13.5. The maximum absolute atomic E-state index is 11.2. The van der Waals surface area contributed by atoms with E-state index in [4.69, 9.17) is 4.74 Å². The maximum atomic E-state index is 11.2. The van der Waals surface area contributed by atoms with Crippen LogP contribution in [0.3, 0.4) is 0 Å². The van der Waals surface area contributed by atoms with E-state index in [1.807, 2.05) is 6.92 Å². The van der Waals surface area contributed by atoms with Crippen LogP contribution in [0.4, 0.5) is 0 Å². The van der Waals surface area contributed by atoms with Crippen molar-refractivity contribution >= 4 is 5.97 Å². The van der Waals surface area contributed by atoms with Gasteiger partial charge >= 0.3 is 5.97 Å². The highest BCUT2D eigenvalue weighted by Crippen LogP contribution is 2.25. The average Bonchev–Trinajstić information content (AvgIpc) is 2.63. The van der Waals surface area contributed by atoms with Gasteiger partial charge in [-0.2, -0.15) is 0 Å². The van der Waals surface area contributed by atoms with Gasteiger partial charge in [-0.3, -0.25) is 9.69 Å². The van der Waals surface area contributed by atoms with E-state index in [-0.39, 0.29) is 5.97 Å². The zero-order valence-electron chi connectivity index (χ0n) is 8.66. The molecule has 0 bridgehead atoms. The summed E-state index contributed by atoms with van der Waals surface area (Å²) in [7, 11) is 0. The normalized spacial score (nSPS) is 31.8. The van der Waals surface area contributed by atoms with Gasteiger partial charge in [0.15, 0.2) is 0 Å². The van der Waals surface area contributed by atoms with Crippen molar-refractivity contribution in [3.63, 3.8) is 0 Å². The number of rotatable bonds is 3. The lowest BCUT2D eigenvalue weighted by Crippen LogP contribution is -2.31. The predicted molar refractivity (Wildman–Crippen MR) is 52.9 cm³/mol. The molecule has 1 N–H and O–H groups in total. The quantitative estimate of drug-likeness (QED) is 0.632. The summed E-state index contributed by atoms with van der Waals surface area (Å²) in [6.07, 6.45) is 0. The Labute approximate surface area is 84.6 Å². The second-order valence-electron chi connectivity index (χ2n) is 4.18. The maximum Gasteiger partial charge on any atom is 0.320 e. The van der Waals surface area contributed by atoms with Crippen molar-refractivity contribution in [3.05, 3.63) is 0 Å². The molecule has 0 amide bonds. The molecule has 0 aromatic carbocycles. The van der Waals surface area contributed by atoms with Crippen molar-refractivity contribution in [3.8, 4) is 0 Å². The number of hydrogen-bond donors (Lipinski definition) is 1. The monoisotopic (exact) mass is 198 g/mol. The van der Waals surface area contributed by atoms with Crippen LogP contribution in [0.1, 0.15) is 6.92 Å². The summed E-state index contributed by atoms with van der Waals surface area (Å²) >= 11 is 0.